The molecule has 20 heavy (non-hydrogen) atoms. The van der Waals surface area contributed by atoms with Crippen LogP contribution in [0, 0.1) is 5.92 Å². The summed E-state index contributed by atoms with van der Waals surface area (Å²) in [7, 11) is 0. The van der Waals surface area contributed by atoms with E-state index in [1.54, 1.807) is 0 Å². The van der Waals surface area contributed by atoms with Crippen LogP contribution in [-0.2, 0) is 0 Å². The van der Waals surface area contributed by atoms with Crippen molar-refractivity contribution >= 4 is 0 Å². The van der Waals surface area contributed by atoms with Gasteiger partial charge in [-0.2, -0.15) is 0 Å². The summed E-state index contributed by atoms with van der Waals surface area (Å²) >= 11 is 0. The summed E-state index contributed by atoms with van der Waals surface area (Å²) in [5.74, 6) is 0.962. The third kappa shape index (κ3) is 3.55. The topological polar surface area (TPSA) is 18.5 Å². The Hall–Kier alpha value is -0.120. The molecule has 2 heterocycles. The second-order valence-corrected chi connectivity index (χ2v) is 7.55. The van der Waals surface area contributed by atoms with Gasteiger partial charge in [0.1, 0.15) is 0 Å². The lowest BCUT2D eigenvalue weighted by Gasteiger charge is -2.42. The number of hydrogen-bond donors (Lipinski definition) is 1. The maximum absolute atomic E-state index is 3.81. The molecule has 3 nitrogen and oxygen atoms in total. The Morgan fingerprint density at radius 2 is 1.80 bits per heavy atom. The van der Waals surface area contributed by atoms with Gasteiger partial charge in [0, 0.05) is 44.3 Å². The molecular formula is C17H33N3. The Bertz CT molecular complexity index is 299. The molecule has 2 atom stereocenters. The van der Waals surface area contributed by atoms with Crippen LogP contribution in [0.3, 0.4) is 0 Å². The summed E-state index contributed by atoms with van der Waals surface area (Å²) in [6, 6.07) is 2.41. The molecule has 1 saturated carbocycles. The fourth-order valence-corrected chi connectivity index (χ4v) is 4.44. The maximum Gasteiger partial charge on any atom is 0.0224 e. The number of nitrogens with zero attached hydrogens (tertiary/aromatic N) is 2. The predicted octanol–water partition coefficient (Wildman–Crippen LogP) is 2.32. The van der Waals surface area contributed by atoms with E-state index in [0.717, 1.165) is 24.0 Å². The van der Waals surface area contributed by atoms with Crippen LogP contribution in [0.1, 0.15) is 52.4 Å². The van der Waals surface area contributed by atoms with Crippen LogP contribution in [0.15, 0.2) is 0 Å². The van der Waals surface area contributed by atoms with E-state index in [0.29, 0.717) is 0 Å². The minimum absolute atomic E-state index is 0.748. The molecule has 2 unspecified atom stereocenters. The molecule has 1 aliphatic carbocycles. The monoisotopic (exact) mass is 279 g/mol. The van der Waals surface area contributed by atoms with Crippen LogP contribution in [0.25, 0.3) is 0 Å². The Kier molecular flexibility index (Phi) is 5.00. The standard InChI is InChI=1S/C17H33N3/c1-14-5-7-16(8-6-14)18-9-11-19-13-17-4-3-10-20(17)12-15(19)2/h14-18H,3-13H2,1-2H3. The van der Waals surface area contributed by atoms with Crippen molar-refractivity contribution in [2.75, 3.05) is 32.7 Å². The SMILES string of the molecule is CC1CCC(NCCN2CC3CCCN3CC2C)CC1. The van der Waals surface area contributed by atoms with Crippen LogP contribution in [-0.4, -0.2) is 60.6 Å². The Balaban J connectivity index is 1.37. The smallest absolute Gasteiger partial charge is 0.0224 e. The Morgan fingerprint density at radius 3 is 2.60 bits per heavy atom. The van der Waals surface area contributed by atoms with Crippen molar-refractivity contribution in [2.24, 2.45) is 5.92 Å². The highest BCUT2D eigenvalue weighted by Gasteiger charge is 2.33. The van der Waals surface area contributed by atoms with Crippen LogP contribution in [0.4, 0.5) is 0 Å². The molecule has 3 rings (SSSR count). The largest absolute Gasteiger partial charge is 0.313 e. The Labute approximate surface area is 125 Å². The summed E-state index contributed by atoms with van der Waals surface area (Å²) < 4.78 is 0. The highest BCUT2D eigenvalue weighted by Crippen LogP contribution is 2.25. The molecule has 3 fully saturated rings. The van der Waals surface area contributed by atoms with E-state index in [2.05, 4.69) is 29.0 Å². The van der Waals surface area contributed by atoms with Crippen molar-refractivity contribution in [1.82, 2.24) is 15.1 Å². The van der Waals surface area contributed by atoms with Gasteiger partial charge < -0.3 is 5.32 Å². The zero-order valence-electron chi connectivity index (χ0n) is 13.5. The van der Waals surface area contributed by atoms with Crippen molar-refractivity contribution in [3.8, 4) is 0 Å². The van der Waals surface area contributed by atoms with Crippen molar-refractivity contribution in [3.63, 3.8) is 0 Å². The second kappa shape index (κ2) is 6.76. The van der Waals surface area contributed by atoms with Gasteiger partial charge in [0.25, 0.3) is 0 Å². The van der Waals surface area contributed by atoms with Gasteiger partial charge in [-0.1, -0.05) is 6.92 Å². The molecule has 2 aliphatic heterocycles. The van der Waals surface area contributed by atoms with E-state index in [9.17, 15) is 0 Å². The summed E-state index contributed by atoms with van der Waals surface area (Å²) in [6.07, 6.45) is 8.49. The molecule has 116 valence electrons. The number of fused-ring (bicyclic) bond motifs is 1. The van der Waals surface area contributed by atoms with E-state index in [4.69, 9.17) is 0 Å². The van der Waals surface area contributed by atoms with Gasteiger partial charge in [0.15, 0.2) is 0 Å². The van der Waals surface area contributed by atoms with Crippen molar-refractivity contribution in [3.05, 3.63) is 0 Å². The molecule has 0 spiro atoms. The van der Waals surface area contributed by atoms with Crippen LogP contribution >= 0.6 is 0 Å². The molecule has 0 aromatic carbocycles. The van der Waals surface area contributed by atoms with Gasteiger partial charge >= 0.3 is 0 Å². The van der Waals surface area contributed by atoms with Crippen LogP contribution in [0.2, 0.25) is 0 Å². The summed E-state index contributed by atoms with van der Waals surface area (Å²) in [5.41, 5.74) is 0. The molecule has 0 amide bonds. The zero-order chi connectivity index (χ0) is 13.9. The lowest BCUT2D eigenvalue weighted by atomic mass is 9.87. The molecule has 0 bridgehead atoms. The number of hydrogen-bond acceptors (Lipinski definition) is 3. The number of nitrogens with one attached hydrogen (secondary N) is 1. The first-order valence-electron chi connectivity index (χ1n) is 8.94. The van der Waals surface area contributed by atoms with Crippen molar-refractivity contribution in [2.45, 2.75) is 70.5 Å². The molecule has 1 N–H and O–H groups in total. The fourth-order valence-electron chi connectivity index (χ4n) is 4.44. The third-order valence-electron chi connectivity index (χ3n) is 5.91. The quantitative estimate of drug-likeness (QED) is 0.852. The van der Waals surface area contributed by atoms with Gasteiger partial charge in [-0.15, -0.1) is 0 Å². The highest BCUT2D eigenvalue weighted by molar-refractivity contribution is 4.90. The van der Waals surface area contributed by atoms with E-state index in [1.807, 2.05) is 0 Å². The fraction of sp³-hybridized carbons (Fsp3) is 1.00. The van der Waals surface area contributed by atoms with Gasteiger partial charge in [-0.25, -0.2) is 0 Å². The second-order valence-electron chi connectivity index (χ2n) is 7.55. The van der Waals surface area contributed by atoms with E-state index < -0.39 is 0 Å². The van der Waals surface area contributed by atoms with E-state index in [-0.39, 0.29) is 0 Å². The summed E-state index contributed by atoms with van der Waals surface area (Å²) in [4.78, 5) is 5.45. The van der Waals surface area contributed by atoms with Gasteiger partial charge in [-0.3, -0.25) is 9.80 Å². The Morgan fingerprint density at radius 1 is 1.00 bits per heavy atom. The first-order chi connectivity index (χ1) is 9.72. The van der Waals surface area contributed by atoms with Gasteiger partial charge in [0.2, 0.25) is 0 Å². The van der Waals surface area contributed by atoms with Crippen molar-refractivity contribution in [1.29, 1.82) is 0 Å². The minimum atomic E-state index is 0.748. The summed E-state index contributed by atoms with van der Waals surface area (Å²) in [6.45, 7) is 11.2. The van der Waals surface area contributed by atoms with Crippen molar-refractivity contribution < 1.29 is 0 Å². The van der Waals surface area contributed by atoms with E-state index in [1.165, 1.54) is 71.2 Å². The molecule has 2 saturated heterocycles. The molecule has 0 aromatic rings. The minimum Gasteiger partial charge on any atom is -0.313 e. The molecule has 0 radical (unpaired) electrons. The number of piperazine rings is 1. The van der Waals surface area contributed by atoms with E-state index >= 15 is 0 Å². The molecule has 0 aromatic heterocycles. The zero-order valence-corrected chi connectivity index (χ0v) is 13.5. The van der Waals surface area contributed by atoms with Crippen LogP contribution < -0.4 is 5.32 Å². The summed E-state index contributed by atoms with van der Waals surface area (Å²) in [5, 5.41) is 3.81. The highest BCUT2D eigenvalue weighted by atomic mass is 15.3. The number of rotatable bonds is 4. The first-order valence-corrected chi connectivity index (χ1v) is 8.94. The molecular weight excluding hydrogens is 246 g/mol. The van der Waals surface area contributed by atoms with Crippen LogP contribution in [0.5, 0.6) is 0 Å². The molecule has 3 heteroatoms. The van der Waals surface area contributed by atoms with Gasteiger partial charge in [-0.05, 0) is 57.9 Å². The molecule has 3 aliphatic rings. The average Bonchev–Trinajstić information content (AvgIpc) is 2.88. The average molecular weight is 279 g/mol. The lowest BCUT2D eigenvalue weighted by Crippen LogP contribution is -2.56. The normalized spacial score (nSPS) is 39.9. The maximum atomic E-state index is 3.81. The predicted molar refractivity (Wildman–Crippen MR) is 85.1 cm³/mol. The third-order valence-corrected chi connectivity index (χ3v) is 5.91. The lowest BCUT2D eigenvalue weighted by molar-refractivity contribution is 0.0594. The first kappa shape index (κ1) is 14.8. The van der Waals surface area contributed by atoms with Gasteiger partial charge in [0.05, 0.1) is 0 Å².